The van der Waals surface area contributed by atoms with Crippen LogP contribution in [-0.2, 0) is 4.79 Å². The summed E-state index contributed by atoms with van der Waals surface area (Å²) in [6, 6.07) is 0. The molecule has 0 spiro atoms. The van der Waals surface area contributed by atoms with Gasteiger partial charge < -0.3 is 20.4 Å². The molecule has 0 amide bonds. The molecule has 0 aromatic heterocycles. The number of aliphatic hydroxyl groups is 4. The minimum absolute atomic E-state index is 0.425. The molecule has 0 bridgehead atoms. The molecule has 0 saturated heterocycles. The zero-order valence-electron chi connectivity index (χ0n) is 28.8. The van der Waals surface area contributed by atoms with Crippen LogP contribution >= 0.6 is 0 Å². The lowest BCUT2D eigenvalue weighted by Crippen LogP contribution is -2.49. The standard InChI is InChI=1S/C40H54O5/c1-26(17-13-19-28(3)21-23-32-30(5)25-34(41)37(44)39(32,7)8)15-11-12-16-27(2)18-14-20-29(4)22-24-33-31(6)35(42)36(43)38(45)40(33,9)10/h11-24,34,36-38,41,43-45H,25H2,1-10H3. The second-order valence-corrected chi connectivity index (χ2v) is 13.6. The van der Waals surface area contributed by atoms with Crippen molar-refractivity contribution in [3.8, 4) is 0 Å². The third kappa shape index (κ3) is 10.1. The number of aliphatic hydroxyl groups excluding tert-OH is 4. The molecule has 45 heavy (non-hydrogen) atoms. The first-order valence-corrected chi connectivity index (χ1v) is 15.7. The van der Waals surface area contributed by atoms with Gasteiger partial charge >= 0.3 is 0 Å². The molecule has 0 fully saturated rings. The Kier molecular flexibility index (Phi) is 13.7. The first-order chi connectivity index (χ1) is 20.9. The van der Waals surface area contributed by atoms with E-state index in [1.807, 2.05) is 123 Å². The van der Waals surface area contributed by atoms with Crippen LogP contribution in [0.2, 0.25) is 0 Å². The van der Waals surface area contributed by atoms with E-state index >= 15 is 0 Å². The van der Waals surface area contributed by atoms with Gasteiger partial charge in [0, 0.05) is 10.8 Å². The van der Waals surface area contributed by atoms with Gasteiger partial charge in [0.1, 0.15) is 6.10 Å². The Morgan fingerprint density at radius 2 is 1.02 bits per heavy atom. The average Bonchev–Trinajstić information content (AvgIpc) is 2.96. The summed E-state index contributed by atoms with van der Waals surface area (Å²) in [5.41, 5.74) is 6.47. The molecule has 4 atom stereocenters. The van der Waals surface area contributed by atoms with E-state index in [0.29, 0.717) is 12.0 Å². The lowest BCUT2D eigenvalue weighted by atomic mass is 9.69. The zero-order valence-corrected chi connectivity index (χ0v) is 28.8. The van der Waals surface area contributed by atoms with Gasteiger partial charge in [0.2, 0.25) is 0 Å². The van der Waals surface area contributed by atoms with Gasteiger partial charge in [-0.05, 0) is 64.7 Å². The van der Waals surface area contributed by atoms with Crippen LogP contribution in [0.3, 0.4) is 0 Å². The summed E-state index contributed by atoms with van der Waals surface area (Å²) >= 11 is 0. The third-order valence-corrected chi connectivity index (χ3v) is 8.84. The molecule has 0 heterocycles. The maximum absolute atomic E-state index is 12.3. The van der Waals surface area contributed by atoms with Crippen LogP contribution in [0.5, 0.6) is 0 Å². The molecule has 2 aliphatic rings. The number of rotatable bonds is 10. The molecule has 5 heteroatoms. The maximum Gasteiger partial charge on any atom is 0.189 e. The van der Waals surface area contributed by atoms with E-state index in [0.717, 1.165) is 39.0 Å². The smallest absolute Gasteiger partial charge is 0.189 e. The molecule has 0 radical (unpaired) electrons. The fourth-order valence-electron chi connectivity index (χ4n) is 5.73. The quantitative estimate of drug-likeness (QED) is 0.189. The van der Waals surface area contributed by atoms with E-state index in [4.69, 9.17) is 0 Å². The summed E-state index contributed by atoms with van der Waals surface area (Å²) in [6.07, 6.45) is 24.6. The van der Waals surface area contributed by atoms with E-state index in [2.05, 4.69) is 24.3 Å². The van der Waals surface area contributed by atoms with Gasteiger partial charge in [0.25, 0.3) is 0 Å². The summed E-state index contributed by atoms with van der Waals surface area (Å²) in [4.78, 5) is 12.3. The number of ketones is 1. The Hall–Kier alpha value is -3.35. The minimum atomic E-state index is -1.38. The van der Waals surface area contributed by atoms with Crippen molar-refractivity contribution >= 4 is 5.78 Å². The molecule has 4 unspecified atom stereocenters. The Labute approximate surface area is 271 Å². The van der Waals surface area contributed by atoms with E-state index < -0.39 is 41.0 Å². The van der Waals surface area contributed by atoms with Crippen molar-refractivity contribution in [1.82, 2.24) is 0 Å². The number of carbonyl (C=O) groups is 1. The van der Waals surface area contributed by atoms with E-state index in [1.165, 1.54) is 0 Å². The largest absolute Gasteiger partial charge is 0.390 e. The number of carbonyl (C=O) groups excluding carboxylic acids is 1. The second-order valence-electron chi connectivity index (χ2n) is 13.6. The molecule has 0 aromatic carbocycles. The normalized spacial score (nSPS) is 27.6. The third-order valence-electron chi connectivity index (χ3n) is 8.84. The topological polar surface area (TPSA) is 98.0 Å². The molecule has 4 N–H and O–H groups in total. The first kappa shape index (κ1) is 37.8. The van der Waals surface area contributed by atoms with Crippen molar-refractivity contribution in [2.45, 2.75) is 100 Å². The van der Waals surface area contributed by atoms with Crippen molar-refractivity contribution in [1.29, 1.82) is 0 Å². The minimum Gasteiger partial charge on any atom is -0.390 e. The highest BCUT2D eigenvalue weighted by atomic mass is 16.3. The Balaban J connectivity index is 1.96. The Bertz CT molecular complexity index is 1440. The fraction of sp³-hybridized carbons (Fsp3) is 0.425. The van der Waals surface area contributed by atoms with Gasteiger partial charge in [-0.25, -0.2) is 0 Å². The highest BCUT2D eigenvalue weighted by molar-refractivity contribution is 6.01. The SMILES string of the molecule is CC(C=CC=C(C)C=CC1=C(C)CC(O)C(O)C1(C)C)=CC=CC=C(C)C=CC=C(C)C=CC1=C(C)C(=O)C(O)C(O)C1(C)C. The molecule has 0 saturated carbocycles. The number of allylic oxidation sites excluding steroid dienone is 18. The van der Waals surface area contributed by atoms with Crippen molar-refractivity contribution in [3.63, 3.8) is 0 Å². The van der Waals surface area contributed by atoms with Gasteiger partial charge in [0.05, 0.1) is 18.3 Å². The first-order valence-electron chi connectivity index (χ1n) is 15.7. The Morgan fingerprint density at radius 3 is 1.51 bits per heavy atom. The monoisotopic (exact) mass is 614 g/mol. The van der Waals surface area contributed by atoms with Crippen LogP contribution < -0.4 is 0 Å². The van der Waals surface area contributed by atoms with Crippen LogP contribution in [0.1, 0.15) is 75.7 Å². The lowest BCUT2D eigenvalue weighted by Gasteiger charge is -2.40. The molecular formula is C40H54O5. The summed E-state index contributed by atoms with van der Waals surface area (Å²) < 4.78 is 0. The highest BCUT2D eigenvalue weighted by Gasteiger charge is 2.45. The molecular weight excluding hydrogens is 560 g/mol. The zero-order chi connectivity index (χ0) is 34.1. The van der Waals surface area contributed by atoms with Gasteiger partial charge in [0.15, 0.2) is 5.78 Å². The summed E-state index contributed by atoms with van der Waals surface area (Å²) in [7, 11) is 0. The molecule has 244 valence electrons. The predicted octanol–water partition coefficient (Wildman–Crippen LogP) is 7.67. The lowest BCUT2D eigenvalue weighted by molar-refractivity contribution is -0.135. The van der Waals surface area contributed by atoms with Gasteiger partial charge in [-0.1, -0.05) is 141 Å². The summed E-state index contributed by atoms with van der Waals surface area (Å²) in [5, 5.41) is 41.0. The van der Waals surface area contributed by atoms with Crippen LogP contribution in [0.15, 0.2) is 130 Å². The maximum atomic E-state index is 12.3. The van der Waals surface area contributed by atoms with Crippen molar-refractivity contribution < 1.29 is 25.2 Å². The van der Waals surface area contributed by atoms with Crippen LogP contribution in [0.4, 0.5) is 0 Å². The van der Waals surface area contributed by atoms with E-state index in [1.54, 1.807) is 6.92 Å². The summed E-state index contributed by atoms with van der Waals surface area (Å²) in [5.74, 6) is -0.425. The Morgan fingerprint density at radius 1 is 0.622 bits per heavy atom. The van der Waals surface area contributed by atoms with Crippen molar-refractivity contribution in [2.24, 2.45) is 10.8 Å². The average molecular weight is 615 g/mol. The molecule has 2 aliphatic carbocycles. The fourth-order valence-corrected chi connectivity index (χ4v) is 5.73. The predicted molar refractivity (Wildman–Crippen MR) is 187 cm³/mol. The van der Waals surface area contributed by atoms with Crippen LogP contribution in [0, 0.1) is 10.8 Å². The number of hydrogen-bond donors (Lipinski definition) is 4. The molecule has 0 aromatic rings. The number of hydrogen-bond acceptors (Lipinski definition) is 5. The van der Waals surface area contributed by atoms with E-state index in [9.17, 15) is 25.2 Å². The highest BCUT2D eigenvalue weighted by Crippen LogP contribution is 2.42. The molecule has 2 rings (SSSR count). The van der Waals surface area contributed by atoms with E-state index in [-0.39, 0.29) is 0 Å². The van der Waals surface area contributed by atoms with Crippen molar-refractivity contribution in [2.75, 3.05) is 0 Å². The van der Waals surface area contributed by atoms with Crippen LogP contribution in [-0.4, -0.2) is 50.6 Å². The van der Waals surface area contributed by atoms with Crippen LogP contribution in [0.25, 0.3) is 0 Å². The summed E-state index contributed by atoms with van der Waals surface area (Å²) in [6.45, 7) is 19.4. The van der Waals surface area contributed by atoms with Gasteiger partial charge in [-0.3, -0.25) is 4.79 Å². The van der Waals surface area contributed by atoms with Gasteiger partial charge in [-0.2, -0.15) is 0 Å². The van der Waals surface area contributed by atoms with Gasteiger partial charge in [-0.15, -0.1) is 0 Å². The molecule has 0 aliphatic heterocycles. The number of Topliss-reactive ketones (excluding diaryl/α,β-unsaturated/α-hetero) is 1. The molecule has 5 nitrogen and oxygen atoms in total. The van der Waals surface area contributed by atoms with Crippen molar-refractivity contribution in [3.05, 3.63) is 130 Å². The second kappa shape index (κ2) is 16.3.